The van der Waals surface area contributed by atoms with Gasteiger partial charge in [0.25, 0.3) is 0 Å². The number of rotatable bonds is 3. The van der Waals surface area contributed by atoms with Crippen LogP contribution < -0.4 is 11.6 Å². The largest absolute Gasteiger partial charge is 0.403 e. The van der Waals surface area contributed by atoms with Crippen LogP contribution in [0, 0.1) is 0 Å². The Labute approximate surface area is 61.3 Å². The maximum atomic E-state index is 5.46. The van der Waals surface area contributed by atoms with Crippen molar-refractivity contribution in [2.45, 2.75) is 6.92 Å². The van der Waals surface area contributed by atoms with Gasteiger partial charge in [-0.2, -0.15) is 0 Å². The molecule has 0 aliphatic heterocycles. The molecule has 0 aliphatic carbocycles. The molecule has 0 spiro atoms. The summed E-state index contributed by atoms with van der Waals surface area (Å²) < 4.78 is 0. The molecule has 0 fully saturated rings. The monoisotopic (exact) mass is 139 g/mol. The normalized spacial score (nSPS) is 12.0. The lowest BCUT2D eigenvalue weighted by Crippen LogP contribution is -2.22. The van der Waals surface area contributed by atoms with Gasteiger partial charge in [0.1, 0.15) is 0 Å². The van der Waals surface area contributed by atoms with Gasteiger partial charge in [0.05, 0.1) is 0 Å². The smallest absolute Gasteiger partial charge is 0.0364 e. The molecule has 0 rings (SSSR count). The zero-order valence-corrected chi connectivity index (χ0v) is 6.12. The van der Waals surface area contributed by atoms with Gasteiger partial charge in [-0.15, -0.1) is 0 Å². The van der Waals surface area contributed by atoms with E-state index in [1.165, 1.54) is 11.2 Å². The standard InChI is InChI=1S/C7H13N3/c1-3-4-7(2)10(9)6-5-8/h3-6H,1,8-9H2,2H3/b6-5-,7-4+. The van der Waals surface area contributed by atoms with E-state index in [0.29, 0.717) is 0 Å². The quantitative estimate of drug-likeness (QED) is 0.343. The van der Waals surface area contributed by atoms with Gasteiger partial charge in [-0.05, 0) is 13.0 Å². The fourth-order valence-corrected chi connectivity index (χ4v) is 0.467. The Morgan fingerprint density at radius 3 is 2.60 bits per heavy atom. The third-order valence-corrected chi connectivity index (χ3v) is 1.01. The van der Waals surface area contributed by atoms with Gasteiger partial charge in [0.15, 0.2) is 0 Å². The average molecular weight is 139 g/mol. The minimum absolute atomic E-state index is 0.886. The van der Waals surface area contributed by atoms with Crippen LogP contribution in [0.3, 0.4) is 0 Å². The maximum absolute atomic E-state index is 5.46. The summed E-state index contributed by atoms with van der Waals surface area (Å²) >= 11 is 0. The zero-order chi connectivity index (χ0) is 7.98. The van der Waals surface area contributed by atoms with Crippen LogP contribution in [-0.2, 0) is 0 Å². The highest BCUT2D eigenvalue weighted by Gasteiger charge is 1.89. The minimum Gasteiger partial charge on any atom is -0.403 e. The number of hydrazine groups is 1. The molecule has 3 heteroatoms. The lowest BCUT2D eigenvalue weighted by atomic mass is 10.4. The van der Waals surface area contributed by atoms with Crippen molar-refractivity contribution in [2.24, 2.45) is 11.6 Å². The number of hydrogen-bond donors (Lipinski definition) is 2. The van der Waals surface area contributed by atoms with Gasteiger partial charge in [0.2, 0.25) is 0 Å². The summed E-state index contributed by atoms with van der Waals surface area (Å²) in [6.07, 6.45) is 6.40. The van der Waals surface area contributed by atoms with Gasteiger partial charge in [0, 0.05) is 18.1 Å². The van der Waals surface area contributed by atoms with E-state index in [4.69, 9.17) is 11.6 Å². The Morgan fingerprint density at radius 2 is 2.20 bits per heavy atom. The first-order valence-electron chi connectivity index (χ1n) is 2.94. The van der Waals surface area contributed by atoms with Crippen LogP contribution in [-0.4, -0.2) is 5.01 Å². The van der Waals surface area contributed by atoms with Crippen molar-refractivity contribution >= 4 is 0 Å². The van der Waals surface area contributed by atoms with Crippen molar-refractivity contribution in [1.29, 1.82) is 0 Å². The average Bonchev–Trinajstić information content (AvgIpc) is 1.89. The summed E-state index contributed by atoms with van der Waals surface area (Å²) in [5, 5.41) is 1.42. The number of hydrogen-bond acceptors (Lipinski definition) is 3. The second-order valence-electron chi connectivity index (χ2n) is 1.79. The van der Waals surface area contributed by atoms with E-state index < -0.39 is 0 Å². The molecule has 0 bridgehead atoms. The molecule has 0 amide bonds. The molecule has 0 heterocycles. The molecule has 4 N–H and O–H groups in total. The Bertz CT molecular complexity index is 158. The molecule has 3 nitrogen and oxygen atoms in total. The molecular formula is C7H13N3. The van der Waals surface area contributed by atoms with Gasteiger partial charge >= 0.3 is 0 Å². The lowest BCUT2D eigenvalue weighted by Gasteiger charge is -2.12. The van der Waals surface area contributed by atoms with Crippen LogP contribution in [0.4, 0.5) is 0 Å². The molecule has 0 radical (unpaired) electrons. The Kier molecular flexibility index (Phi) is 4.07. The highest BCUT2D eigenvalue weighted by molar-refractivity contribution is 5.07. The zero-order valence-electron chi connectivity index (χ0n) is 6.12. The van der Waals surface area contributed by atoms with Gasteiger partial charge in [-0.3, -0.25) is 5.01 Å². The molecule has 10 heavy (non-hydrogen) atoms. The second-order valence-corrected chi connectivity index (χ2v) is 1.79. The van der Waals surface area contributed by atoms with Crippen LogP contribution in [0.15, 0.2) is 36.8 Å². The van der Waals surface area contributed by atoms with Crippen molar-refractivity contribution in [1.82, 2.24) is 5.01 Å². The molecule has 0 aromatic rings. The van der Waals surface area contributed by atoms with Crippen LogP contribution in [0.25, 0.3) is 0 Å². The van der Waals surface area contributed by atoms with E-state index in [0.717, 1.165) is 5.70 Å². The first-order valence-corrected chi connectivity index (χ1v) is 2.94. The first kappa shape index (κ1) is 8.78. The van der Waals surface area contributed by atoms with E-state index >= 15 is 0 Å². The predicted molar refractivity (Wildman–Crippen MR) is 43.3 cm³/mol. The minimum atomic E-state index is 0.886. The fourth-order valence-electron chi connectivity index (χ4n) is 0.467. The van der Waals surface area contributed by atoms with Crippen molar-refractivity contribution in [3.05, 3.63) is 36.8 Å². The van der Waals surface area contributed by atoms with Gasteiger partial charge < -0.3 is 5.73 Å². The summed E-state index contributed by atoms with van der Waals surface area (Å²) in [6.45, 7) is 5.39. The number of allylic oxidation sites excluding steroid dienone is 3. The van der Waals surface area contributed by atoms with E-state index in [2.05, 4.69) is 6.58 Å². The van der Waals surface area contributed by atoms with E-state index in [9.17, 15) is 0 Å². The summed E-state index contributed by atoms with van der Waals surface area (Å²) in [7, 11) is 0. The predicted octanol–water partition coefficient (Wildman–Crippen LogP) is 0.682. The van der Waals surface area contributed by atoms with Crippen molar-refractivity contribution in [3.63, 3.8) is 0 Å². The summed E-state index contributed by atoms with van der Waals surface area (Å²) in [4.78, 5) is 0. The number of nitrogens with zero attached hydrogens (tertiary/aromatic N) is 1. The Hall–Kier alpha value is -1.22. The van der Waals surface area contributed by atoms with Crippen molar-refractivity contribution < 1.29 is 0 Å². The van der Waals surface area contributed by atoms with E-state index in [-0.39, 0.29) is 0 Å². The van der Waals surface area contributed by atoms with Gasteiger partial charge in [-0.25, -0.2) is 5.84 Å². The molecule has 0 saturated heterocycles. The highest BCUT2D eigenvalue weighted by Crippen LogP contribution is 1.96. The Morgan fingerprint density at radius 1 is 1.60 bits per heavy atom. The van der Waals surface area contributed by atoms with Crippen molar-refractivity contribution in [2.75, 3.05) is 0 Å². The number of nitrogens with two attached hydrogens (primary N) is 2. The third kappa shape index (κ3) is 2.94. The lowest BCUT2D eigenvalue weighted by molar-refractivity contribution is 0.492. The van der Waals surface area contributed by atoms with Crippen LogP contribution in [0.1, 0.15) is 6.92 Å². The van der Waals surface area contributed by atoms with E-state index in [1.54, 1.807) is 18.4 Å². The van der Waals surface area contributed by atoms with Crippen LogP contribution >= 0.6 is 0 Å². The Balaban J connectivity index is 4.05. The van der Waals surface area contributed by atoms with Gasteiger partial charge in [-0.1, -0.05) is 12.7 Å². The molecular weight excluding hydrogens is 126 g/mol. The molecule has 0 saturated carbocycles. The topological polar surface area (TPSA) is 55.3 Å². The summed E-state index contributed by atoms with van der Waals surface area (Å²) in [5.41, 5.74) is 5.99. The molecule has 0 aliphatic rings. The molecule has 0 unspecified atom stereocenters. The fraction of sp³-hybridized carbons (Fsp3) is 0.143. The molecule has 56 valence electrons. The summed E-state index contributed by atoms with van der Waals surface area (Å²) in [6, 6.07) is 0. The molecule has 0 aromatic carbocycles. The third-order valence-electron chi connectivity index (χ3n) is 1.01. The molecule has 0 aromatic heterocycles. The van der Waals surface area contributed by atoms with Crippen LogP contribution in [0.5, 0.6) is 0 Å². The second kappa shape index (κ2) is 4.64. The first-order chi connectivity index (χ1) is 4.72. The van der Waals surface area contributed by atoms with E-state index in [1.807, 2.05) is 6.92 Å². The maximum Gasteiger partial charge on any atom is 0.0364 e. The van der Waals surface area contributed by atoms with Crippen LogP contribution in [0.2, 0.25) is 0 Å². The highest BCUT2D eigenvalue weighted by atomic mass is 15.4. The summed E-state index contributed by atoms with van der Waals surface area (Å²) in [5.74, 6) is 5.46. The molecule has 0 atom stereocenters. The van der Waals surface area contributed by atoms with Crippen molar-refractivity contribution in [3.8, 4) is 0 Å². The SMILES string of the molecule is C=C/C=C(\C)N(N)/C=C\N.